The molecule has 0 amide bonds. The molecule has 0 aliphatic carbocycles. The third kappa shape index (κ3) is 3.19. The molecule has 0 unspecified atom stereocenters. The van der Waals surface area contributed by atoms with E-state index in [4.69, 9.17) is 0 Å². The van der Waals surface area contributed by atoms with Gasteiger partial charge in [-0.3, -0.25) is 4.72 Å². The standard InChI is InChI=1S/C14H13BrFNO2S/c1-9-3-6-14(10(2)7-9)17-20(18,19)11-4-5-12(15)13(16)8-11/h3-8,17H,1-2H3. The third-order valence-corrected chi connectivity index (χ3v) is 4.83. The number of benzene rings is 2. The molecule has 2 aromatic carbocycles. The number of sulfonamides is 1. The Balaban J connectivity index is 2.38. The quantitative estimate of drug-likeness (QED) is 0.901. The van der Waals surface area contributed by atoms with Gasteiger partial charge in [0, 0.05) is 0 Å². The molecule has 0 fully saturated rings. The zero-order valence-corrected chi connectivity index (χ0v) is 13.3. The zero-order chi connectivity index (χ0) is 14.9. The predicted octanol–water partition coefficient (Wildman–Crippen LogP) is 4.01. The van der Waals surface area contributed by atoms with Gasteiger partial charge in [0.25, 0.3) is 10.0 Å². The van der Waals surface area contributed by atoms with Crippen LogP contribution >= 0.6 is 15.9 Å². The van der Waals surface area contributed by atoms with Crippen LogP contribution in [0.4, 0.5) is 10.1 Å². The minimum absolute atomic E-state index is 0.113. The van der Waals surface area contributed by atoms with E-state index in [1.807, 2.05) is 26.0 Å². The van der Waals surface area contributed by atoms with Gasteiger partial charge < -0.3 is 0 Å². The van der Waals surface area contributed by atoms with E-state index >= 15 is 0 Å². The van der Waals surface area contributed by atoms with Crippen LogP contribution in [0.25, 0.3) is 0 Å². The van der Waals surface area contributed by atoms with Gasteiger partial charge in [0.05, 0.1) is 15.1 Å². The van der Waals surface area contributed by atoms with Gasteiger partial charge in [0.15, 0.2) is 0 Å². The lowest BCUT2D eigenvalue weighted by molar-refractivity contribution is 0.593. The van der Waals surface area contributed by atoms with Gasteiger partial charge in [-0.1, -0.05) is 17.7 Å². The average Bonchev–Trinajstić information content (AvgIpc) is 2.36. The Morgan fingerprint density at radius 3 is 2.40 bits per heavy atom. The van der Waals surface area contributed by atoms with E-state index in [0.717, 1.165) is 17.2 Å². The summed E-state index contributed by atoms with van der Waals surface area (Å²) in [5, 5.41) is 0. The highest BCUT2D eigenvalue weighted by Crippen LogP contribution is 2.23. The molecule has 0 heterocycles. The maximum Gasteiger partial charge on any atom is 0.262 e. The van der Waals surface area contributed by atoms with E-state index in [9.17, 15) is 12.8 Å². The van der Waals surface area contributed by atoms with Crippen molar-refractivity contribution in [3.8, 4) is 0 Å². The molecule has 0 aliphatic rings. The number of hydrogen-bond donors (Lipinski definition) is 1. The van der Waals surface area contributed by atoms with E-state index in [1.54, 1.807) is 6.07 Å². The van der Waals surface area contributed by atoms with Crippen LogP contribution in [0.1, 0.15) is 11.1 Å². The molecule has 106 valence electrons. The zero-order valence-electron chi connectivity index (χ0n) is 10.9. The fraction of sp³-hybridized carbons (Fsp3) is 0.143. The second kappa shape index (κ2) is 5.54. The first-order valence-electron chi connectivity index (χ1n) is 5.85. The van der Waals surface area contributed by atoms with Crippen LogP contribution in [-0.2, 0) is 10.0 Å². The molecule has 2 rings (SSSR count). The molecule has 20 heavy (non-hydrogen) atoms. The van der Waals surface area contributed by atoms with Crippen molar-refractivity contribution >= 4 is 31.6 Å². The van der Waals surface area contributed by atoms with Crippen LogP contribution in [0.5, 0.6) is 0 Å². The molecule has 0 radical (unpaired) electrons. The predicted molar refractivity (Wildman–Crippen MR) is 80.8 cm³/mol. The molecule has 0 saturated carbocycles. The van der Waals surface area contributed by atoms with Gasteiger partial charge in [-0.25, -0.2) is 12.8 Å². The van der Waals surface area contributed by atoms with Crippen molar-refractivity contribution in [1.82, 2.24) is 0 Å². The SMILES string of the molecule is Cc1ccc(NS(=O)(=O)c2ccc(Br)c(F)c2)c(C)c1. The molecule has 0 atom stereocenters. The molecule has 2 aromatic rings. The van der Waals surface area contributed by atoms with Crippen molar-refractivity contribution < 1.29 is 12.8 Å². The van der Waals surface area contributed by atoms with Crippen molar-refractivity contribution in [2.45, 2.75) is 18.7 Å². The van der Waals surface area contributed by atoms with E-state index < -0.39 is 15.8 Å². The van der Waals surface area contributed by atoms with Gasteiger partial charge in [0.2, 0.25) is 0 Å². The Kier molecular flexibility index (Phi) is 4.15. The molecular formula is C14H13BrFNO2S. The van der Waals surface area contributed by atoms with Gasteiger partial charge in [-0.2, -0.15) is 0 Å². The number of halogens is 2. The maximum atomic E-state index is 13.4. The van der Waals surface area contributed by atoms with Gasteiger partial charge in [0.1, 0.15) is 5.82 Å². The van der Waals surface area contributed by atoms with Crippen LogP contribution in [0.3, 0.4) is 0 Å². The Labute approximate surface area is 126 Å². The molecule has 0 bridgehead atoms. The summed E-state index contributed by atoms with van der Waals surface area (Å²) in [5.74, 6) is -0.617. The summed E-state index contributed by atoms with van der Waals surface area (Å²) in [5.41, 5.74) is 2.34. The van der Waals surface area contributed by atoms with Crippen LogP contribution in [0, 0.1) is 19.7 Å². The van der Waals surface area contributed by atoms with Crippen LogP contribution < -0.4 is 4.72 Å². The maximum absolute atomic E-state index is 13.4. The second-order valence-corrected chi connectivity index (χ2v) is 7.04. The van der Waals surface area contributed by atoms with E-state index in [1.165, 1.54) is 12.1 Å². The highest BCUT2D eigenvalue weighted by atomic mass is 79.9. The molecule has 0 aliphatic heterocycles. The van der Waals surface area contributed by atoms with Gasteiger partial charge in [-0.05, 0) is 59.6 Å². The number of rotatable bonds is 3. The Morgan fingerprint density at radius 2 is 1.80 bits per heavy atom. The number of hydrogen-bond acceptors (Lipinski definition) is 2. The fourth-order valence-corrected chi connectivity index (χ4v) is 3.16. The lowest BCUT2D eigenvalue weighted by Crippen LogP contribution is -2.14. The summed E-state index contributed by atoms with van der Waals surface area (Å²) in [6.07, 6.45) is 0. The van der Waals surface area contributed by atoms with Gasteiger partial charge in [-0.15, -0.1) is 0 Å². The van der Waals surface area contributed by atoms with Gasteiger partial charge >= 0.3 is 0 Å². The fourth-order valence-electron chi connectivity index (χ4n) is 1.78. The smallest absolute Gasteiger partial charge is 0.262 e. The highest BCUT2D eigenvalue weighted by molar-refractivity contribution is 9.10. The molecule has 0 aromatic heterocycles. The topological polar surface area (TPSA) is 46.2 Å². The van der Waals surface area contributed by atoms with Crippen LogP contribution in [0.2, 0.25) is 0 Å². The summed E-state index contributed by atoms with van der Waals surface area (Å²) in [6.45, 7) is 3.74. The van der Waals surface area contributed by atoms with Crippen LogP contribution in [0.15, 0.2) is 45.8 Å². The van der Waals surface area contributed by atoms with E-state index in [0.29, 0.717) is 5.69 Å². The summed E-state index contributed by atoms with van der Waals surface area (Å²) in [6, 6.07) is 9.07. The minimum atomic E-state index is -3.80. The van der Waals surface area contributed by atoms with Crippen molar-refractivity contribution in [2.24, 2.45) is 0 Å². The number of nitrogens with one attached hydrogen (secondary N) is 1. The summed E-state index contributed by atoms with van der Waals surface area (Å²) in [7, 11) is -3.80. The monoisotopic (exact) mass is 357 g/mol. The second-order valence-electron chi connectivity index (χ2n) is 4.50. The Morgan fingerprint density at radius 1 is 1.10 bits per heavy atom. The van der Waals surface area contributed by atoms with Crippen molar-refractivity contribution in [3.05, 3.63) is 57.8 Å². The minimum Gasteiger partial charge on any atom is -0.279 e. The van der Waals surface area contributed by atoms with Crippen molar-refractivity contribution in [2.75, 3.05) is 4.72 Å². The first-order chi connectivity index (χ1) is 9.29. The third-order valence-electron chi connectivity index (χ3n) is 2.83. The first kappa shape index (κ1) is 15.0. The molecule has 0 spiro atoms. The summed E-state index contributed by atoms with van der Waals surface area (Å²) in [4.78, 5) is -0.113. The summed E-state index contributed by atoms with van der Waals surface area (Å²) >= 11 is 2.99. The van der Waals surface area contributed by atoms with Crippen LogP contribution in [-0.4, -0.2) is 8.42 Å². The lowest BCUT2D eigenvalue weighted by Gasteiger charge is -2.11. The molecule has 1 N–H and O–H groups in total. The highest BCUT2D eigenvalue weighted by Gasteiger charge is 2.16. The summed E-state index contributed by atoms with van der Waals surface area (Å²) < 4.78 is 40.6. The number of aryl methyl sites for hydroxylation is 2. The van der Waals surface area contributed by atoms with Crippen molar-refractivity contribution in [1.29, 1.82) is 0 Å². The largest absolute Gasteiger partial charge is 0.279 e. The van der Waals surface area contributed by atoms with E-state index in [2.05, 4.69) is 20.7 Å². The average molecular weight is 358 g/mol. The molecule has 0 saturated heterocycles. The number of anilines is 1. The Bertz CT molecular complexity index is 760. The molecule has 3 nitrogen and oxygen atoms in total. The normalized spacial score (nSPS) is 11.4. The lowest BCUT2D eigenvalue weighted by atomic mass is 10.1. The first-order valence-corrected chi connectivity index (χ1v) is 8.12. The van der Waals surface area contributed by atoms with Crippen molar-refractivity contribution in [3.63, 3.8) is 0 Å². The Hall–Kier alpha value is -1.40. The molecule has 6 heteroatoms. The van der Waals surface area contributed by atoms with E-state index in [-0.39, 0.29) is 9.37 Å². The molecular weight excluding hydrogens is 345 g/mol.